The standard InChI is InChI=1S/C13H12BrNO4/c1-3-13(8(2)16)12(15(17)18)7-9-6-10(14)4-5-11(9)19-13/h4-7H,3H2,1-2H3. The summed E-state index contributed by atoms with van der Waals surface area (Å²) in [6, 6.07) is 5.18. The van der Waals surface area contributed by atoms with Gasteiger partial charge in [0.15, 0.2) is 5.78 Å². The van der Waals surface area contributed by atoms with Crippen molar-refractivity contribution in [2.75, 3.05) is 0 Å². The third-order valence-electron chi connectivity index (χ3n) is 3.23. The van der Waals surface area contributed by atoms with Crippen LogP contribution in [0.15, 0.2) is 28.4 Å². The number of ether oxygens (including phenoxy) is 1. The molecule has 1 aromatic carbocycles. The minimum atomic E-state index is -1.50. The second-order valence-electron chi connectivity index (χ2n) is 4.31. The van der Waals surface area contributed by atoms with E-state index in [1.54, 1.807) is 25.1 Å². The first-order valence-electron chi connectivity index (χ1n) is 5.77. The zero-order valence-corrected chi connectivity index (χ0v) is 12.1. The fraction of sp³-hybridized carbons (Fsp3) is 0.308. The van der Waals surface area contributed by atoms with E-state index in [2.05, 4.69) is 15.9 Å². The van der Waals surface area contributed by atoms with Crippen molar-refractivity contribution >= 4 is 27.8 Å². The number of hydrogen-bond donors (Lipinski definition) is 0. The van der Waals surface area contributed by atoms with Gasteiger partial charge in [-0.2, -0.15) is 0 Å². The molecule has 19 heavy (non-hydrogen) atoms. The van der Waals surface area contributed by atoms with Crippen LogP contribution in [-0.2, 0) is 4.79 Å². The number of halogens is 1. The highest BCUT2D eigenvalue weighted by molar-refractivity contribution is 9.10. The van der Waals surface area contributed by atoms with Crippen LogP contribution in [-0.4, -0.2) is 16.3 Å². The number of fused-ring (bicyclic) bond motifs is 1. The molecule has 2 rings (SSSR count). The van der Waals surface area contributed by atoms with E-state index in [0.29, 0.717) is 11.3 Å². The van der Waals surface area contributed by atoms with E-state index in [1.807, 2.05) is 0 Å². The first-order valence-corrected chi connectivity index (χ1v) is 6.56. The predicted octanol–water partition coefficient (Wildman–Crippen LogP) is 3.20. The van der Waals surface area contributed by atoms with Crippen molar-refractivity contribution in [3.8, 4) is 5.75 Å². The first kappa shape index (κ1) is 13.7. The van der Waals surface area contributed by atoms with Crippen LogP contribution in [0.3, 0.4) is 0 Å². The molecule has 1 atom stereocenters. The Balaban J connectivity index is 2.67. The van der Waals surface area contributed by atoms with Gasteiger partial charge in [-0.3, -0.25) is 14.9 Å². The number of benzene rings is 1. The lowest BCUT2D eigenvalue weighted by Crippen LogP contribution is -2.48. The van der Waals surface area contributed by atoms with Gasteiger partial charge in [-0.05, 0) is 25.1 Å². The Hall–Kier alpha value is -1.69. The van der Waals surface area contributed by atoms with Gasteiger partial charge >= 0.3 is 0 Å². The summed E-state index contributed by atoms with van der Waals surface area (Å²) in [4.78, 5) is 22.5. The SMILES string of the molecule is CCC1(C(C)=O)Oc2ccc(Br)cc2C=C1[N+](=O)[O-]. The maximum absolute atomic E-state index is 11.9. The second-order valence-corrected chi connectivity index (χ2v) is 5.22. The molecule has 0 saturated heterocycles. The number of ketones is 1. The molecule has 0 saturated carbocycles. The molecule has 0 N–H and O–H groups in total. The van der Waals surface area contributed by atoms with Gasteiger partial charge in [0.1, 0.15) is 5.75 Å². The summed E-state index contributed by atoms with van der Waals surface area (Å²) in [5.74, 6) is 0.109. The number of Topliss-reactive ketones (excluding diaryl/α,β-unsaturated/α-hetero) is 1. The van der Waals surface area contributed by atoms with Crippen molar-refractivity contribution in [1.82, 2.24) is 0 Å². The van der Waals surface area contributed by atoms with Gasteiger partial charge in [-0.15, -0.1) is 0 Å². The Morgan fingerprint density at radius 1 is 1.53 bits per heavy atom. The average molecular weight is 326 g/mol. The summed E-state index contributed by atoms with van der Waals surface area (Å²) in [7, 11) is 0. The van der Waals surface area contributed by atoms with Crippen LogP contribution in [0.25, 0.3) is 6.08 Å². The van der Waals surface area contributed by atoms with Gasteiger partial charge in [-0.25, -0.2) is 0 Å². The van der Waals surface area contributed by atoms with Crippen LogP contribution in [0.1, 0.15) is 25.8 Å². The Kier molecular flexibility index (Phi) is 3.45. The highest BCUT2D eigenvalue weighted by Gasteiger charge is 2.50. The van der Waals surface area contributed by atoms with E-state index in [4.69, 9.17) is 4.74 Å². The number of carbonyl (C=O) groups excluding carboxylic acids is 1. The van der Waals surface area contributed by atoms with Crippen molar-refractivity contribution in [3.63, 3.8) is 0 Å². The lowest BCUT2D eigenvalue weighted by atomic mass is 9.88. The summed E-state index contributed by atoms with van der Waals surface area (Å²) in [5.41, 5.74) is -1.12. The van der Waals surface area contributed by atoms with Crippen LogP contribution in [0.4, 0.5) is 0 Å². The summed E-state index contributed by atoms with van der Waals surface area (Å²) in [6.07, 6.45) is 1.62. The van der Waals surface area contributed by atoms with Crippen LogP contribution < -0.4 is 4.74 Å². The monoisotopic (exact) mass is 325 g/mol. The summed E-state index contributed by atoms with van der Waals surface area (Å²) in [6.45, 7) is 3.01. The molecule has 1 aliphatic rings. The van der Waals surface area contributed by atoms with Crippen molar-refractivity contribution in [2.45, 2.75) is 25.9 Å². The fourth-order valence-corrected chi connectivity index (χ4v) is 2.56. The number of hydrogen-bond acceptors (Lipinski definition) is 4. The molecule has 0 fully saturated rings. The molecular weight excluding hydrogens is 314 g/mol. The highest BCUT2D eigenvalue weighted by Crippen LogP contribution is 2.39. The van der Waals surface area contributed by atoms with Crippen LogP contribution in [0.2, 0.25) is 0 Å². The van der Waals surface area contributed by atoms with Crippen LogP contribution >= 0.6 is 15.9 Å². The molecule has 1 heterocycles. The summed E-state index contributed by atoms with van der Waals surface area (Å²) >= 11 is 3.30. The molecule has 1 unspecified atom stereocenters. The van der Waals surface area contributed by atoms with E-state index < -0.39 is 10.5 Å². The number of carbonyl (C=O) groups is 1. The third-order valence-corrected chi connectivity index (χ3v) is 3.72. The molecule has 100 valence electrons. The highest BCUT2D eigenvalue weighted by atomic mass is 79.9. The molecule has 0 aromatic heterocycles. The quantitative estimate of drug-likeness (QED) is 0.632. The maximum Gasteiger partial charge on any atom is 0.297 e. The maximum atomic E-state index is 11.9. The van der Waals surface area contributed by atoms with Crippen LogP contribution in [0, 0.1) is 10.1 Å². The van der Waals surface area contributed by atoms with E-state index >= 15 is 0 Å². The van der Waals surface area contributed by atoms with Gasteiger partial charge in [0, 0.05) is 22.5 Å². The van der Waals surface area contributed by atoms with Crippen molar-refractivity contribution in [1.29, 1.82) is 0 Å². The Morgan fingerprint density at radius 2 is 2.21 bits per heavy atom. The molecule has 1 aliphatic heterocycles. The Bertz CT molecular complexity index is 596. The number of nitrogens with zero attached hydrogens (tertiary/aromatic N) is 1. The number of rotatable bonds is 3. The smallest absolute Gasteiger partial charge is 0.297 e. The zero-order valence-electron chi connectivity index (χ0n) is 10.5. The normalized spacial score (nSPS) is 21.1. The largest absolute Gasteiger partial charge is 0.467 e. The average Bonchev–Trinajstić information content (AvgIpc) is 2.36. The van der Waals surface area contributed by atoms with Crippen LogP contribution in [0.5, 0.6) is 5.75 Å². The molecular formula is C13H12BrNO4. The Morgan fingerprint density at radius 3 is 2.74 bits per heavy atom. The van der Waals surface area contributed by atoms with Gasteiger partial charge in [0.25, 0.3) is 11.3 Å². The van der Waals surface area contributed by atoms with E-state index in [1.165, 1.54) is 13.0 Å². The third kappa shape index (κ3) is 2.16. The van der Waals surface area contributed by atoms with E-state index in [9.17, 15) is 14.9 Å². The molecule has 1 aromatic rings. The molecule has 0 aliphatic carbocycles. The van der Waals surface area contributed by atoms with Crippen molar-refractivity contribution < 1.29 is 14.5 Å². The molecule has 6 heteroatoms. The topological polar surface area (TPSA) is 69.4 Å². The molecule has 0 radical (unpaired) electrons. The van der Waals surface area contributed by atoms with E-state index in [-0.39, 0.29) is 17.9 Å². The predicted molar refractivity (Wildman–Crippen MR) is 73.4 cm³/mol. The van der Waals surface area contributed by atoms with Gasteiger partial charge in [0.2, 0.25) is 0 Å². The molecule has 0 amide bonds. The molecule has 0 bridgehead atoms. The van der Waals surface area contributed by atoms with Gasteiger partial charge in [-0.1, -0.05) is 22.9 Å². The lowest BCUT2D eigenvalue weighted by Gasteiger charge is -2.31. The number of nitro groups is 1. The van der Waals surface area contributed by atoms with Gasteiger partial charge < -0.3 is 4.74 Å². The fourth-order valence-electron chi connectivity index (χ4n) is 2.18. The lowest BCUT2D eigenvalue weighted by molar-refractivity contribution is -0.438. The second kappa shape index (κ2) is 4.77. The summed E-state index contributed by atoms with van der Waals surface area (Å²) in [5, 5.41) is 11.2. The molecule has 0 spiro atoms. The summed E-state index contributed by atoms with van der Waals surface area (Å²) < 4.78 is 6.47. The zero-order chi connectivity index (χ0) is 14.2. The van der Waals surface area contributed by atoms with Gasteiger partial charge in [0.05, 0.1) is 4.92 Å². The van der Waals surface area contributed by atoms with Crippen molar-refractivity contribution in [3.05, 3.63) is 44.0 Å². The van der Waals surface area contributed by atoms with Crippen molar-refractivity contribution in [2.24, 2.45) is 0 Å². The Labute approximate surface area is 118 Å². The molecule has 5 nitrogen and oxygen atoms in total. The first-order chi connectivity index (χ1) is 8.90. The minimum absolute atomic E-state index is 0.213. The van der Waals surface area contributed by atoms with E-state index in [0.717, 1.165) is 4.47 Å². The minimum Gasteiger partial charge on any atom is -0.467 e.